The Kier molecular flexibility index (Phi) is 4.19. The number of hydrogen-bond donors (Lipinski definition) is 1. The van der Waals surface area contributed by atoms with Gasteiger partial charge in [-0.05, 0) is 12.8 Å². The number of benzene rings is 1. The molecule has 0 spiro atoms. The molecule has 1 aliphatic heterocycles. The molecule has 2 fully saturated rings. The minimum Gasteiger partial charge on any atom is -0.335 e. The number of aromatic nitrogens is 3. The number of likely N-dealkylation sites (tertiary alicyclic amines) is 1. The van der Waals surface area contributed by atoms with E-state index in [1.165, 1.54) is 19.3 Å². The van der Waals surface area contributed by atoms with Crippen molar-refractivity contribution in [2.45, 2.75) is 44.2 Å². The third kappa shape index (κ3) is 3.00. The molecule has 6 heteroatoms. The first-order valence-corrected chi connectivity index (χ1v) is 8.81. The highest BCUT2D eigenvalue weighted by atomic mass is 16.2. The van der Waals surface area contributed by atoms with Crippen LogP contribution in [-0.4, -0.2) is 44.8 Å². The van der Waals surface area contributed by atoms with E-state index in [2.05, 4.69) is 20.1 Å². The summed E-state index contributed by atoms with van der Waals surface area (Å²) in [6.07, 6.45) is 7.76. The van der Waals surface area contributed by atoms with Gasteiger partial charge in [-0.1, -0.05) is 49.6 Å². The molecule has 24 heavy (non-hydrogen) atoms. The molecule has 2 aromatic rings. The second kappa shape index (κ2) is 6.63. The molecule has 126 valence electrons. The zero-order chi connectivity index (χ0) is 16.4. The van der Waals surface area contributed by atoms with E-state index in [-0.39, 0.29) is 12.1 Å². The van der Waals surface area contributed by atoms with Crippen LogP contribution in [0.15, 0.2) is 36.7 Å². The maximum absolute atomic E-state index is 12.3. The fraction of sp³-hybridized carbons (Fsp3) is 0.500. The molecule has 0 bridgehead atoms. The second-order valence-electron chi connectivity index (χ2n) is 6.77. The Hall–Kier alpha value is -2.37. The van der Waals surface area contributed by atoms with Gasteiger partial charge in [-0.2, -0.15) is 0 Å². The second-order valence-corrected chi connectivity index (χ2v) is 6.77. The highest BCUT2D eigenvalue weighted by Gasteiger charge is 2.34. The number of amides is 2. The van der Waals surface area contributed by atoms with Crippen LogP contribution in [-0.2, 0) is 0 Å². The van der Waals surface area contributed by atoms with Gasteiger partial charge in [0.2, 0.25) is 0 Å². The maximum Gasteiger partial charge on any atom is 0.317 e. The Morgan fingerprint density at radius 1 is 1.08 bits per heavy atom. The van der Waals surface area contributed by atoms with Gasteiger partial charge in [0.25, 0.3) is 0 Å². The van der Waals surface area contributed by atoms with Gasteiger partial charge in [-0.3, -0.25) is 0 Å². The molecule has 0 unspecified atom stereocenters. The summed E-state index contributed by atoms with van der Waals surface area (Å²) < 4.78 is 2.08. The lowest BCUT2D eigenvalue weighted by Crippen LogP contribution is -2.56. The highest BCUT2D eigenvalue weighted by molar-refractivity contribution is 5.75. The third-order valence-electron chi connectivity index (χ3n) is 5.08. The van der Waals surface area contributed by atoms with Crippen molar-refractivity contribution in [3.8, 4) is 11.4 Å². The van der Waals surface area contributed by atoms with Gasteiger partial charge in [0, 0.05) is 24.7 Å². The van der Waals surface area contributed by atoms with Crippen molar-refractivity contribution in [3.05, 3.63) is 36.7 Å². The maximum atomic E-state index is 12.3. The fourth-order valence-corrected chi connectivity index (χ4v) is 3.61. The summed E-state index contributed by atoms with van der Waals surface area (Å²) in [5.74, 6) is 0.868. The lowest BCUT2D eigenvalue weighted by Gasteiger charge is -2.41. The van der Waals surface area contributed by atoms with E-state index in [0.717, 1.165) is 37.3 Å². The molecule has 1 saturated carbocycles. The number of nitrogens with one attached hydrogen (secondary N) is 1. The molecule has 1 N–H and O–H groups in total. The first-order valence-electron chi connectivity index (χ1n) is 8.81. The van der Waals surface area contributed by atoms with Crippen molar-refractivity contribution in [1.29, 1.82) is 0 Å². The lowest BCUT2D eigenvalue weighted by molar-refractivity contribution is 0.121. The van der Waals surface area contributed by atoms with Crippen molar-refractivity contribution in [2.24, 2.45) is 0 Å². The largest absolute Gasteiger partial charge is 0.335 e. The number of hydrogen-bond acceptors (Lipinski definition) is 3. The zero-order valence-corrected chi connectivity index (χ0v) is 13.8. The van der Waals surface area contributed by atoms with Crippen molar-refractivity contribution in [2.75, 3.05) is 13.1 Å². The summed E-state index contributed by atoms with van der Waals surface area (Å²) >= 11 is 0. The zero-order valence-electron chi connectivity index (χ0n) is 13.8. The third-order valence-corrected chi connectivity index (χ3v) is 5.08. The predicted molar refractivity (Wildman–Crippen MR) is 91.5 cm³/mol. The first-order chi connectivity index (χ1) is 11.8. The summed E-state index contributed by atoms with van der Waals surface area (Å²) in [6.45, 7) is 1.44. The first kappa shape index (κ1) is 15.2. The topological polar surface area (TPSA) is 63.1 Å². The van der Waals surface area contributed by atoms with E-state index < -0.39 is 0 Å². The van der Waals surface area contributed by atoms with Crippen LogP contribution in [0.5, 0.6) is 0 Å². The fourth-order valence-electron chi connectivity index (χ4n) is 3.61. The average Bonchev–Trinajstić information content (AvgIpc) is 3.04. The quantitative estimate of drug-likeness (QED) is 0.944. The number of nitrogens with zero attached hydrogens (tertiary/aromatic N) is 4. The van der Waals surface area contributed by atoms with Crippen LogP contribution in [0.25, 0.3) is 11.4 Å². The van der Waals surface area contributed by atoms with E-state index in [4.69, 9.17) is 0 Å². The van der Waals surface area contributed by atoms with Crippen LogP contribution < -0.4 is 5.32 Å². The van der Waals surface area contributed by atoms with Crippen LogP contribution in [0.2, 0.25) is 0 Å². The summed E-state index contributed by atoms with van der Waals surface area (Å²) in [7, 11) is 0. The van der Waals surface area contributed by atoms with E-state index in [1.54, 1.807) is 6.33 Å². The molecule has 2 aliphatic rings. The number of rotatable bonds is 3. The van der Waals surface area contributed by atoms with Crippen LogP contribution in [0.4, 0.5) is 4.79 Å². The molecule has 6 nitrogen and oxygen atoms in total. The van der Waals surface area contributed by atoms with Crippen molar-refractivity contribution in [1.82, 2.24) is 25.0 Å². The van der Waals surface area contributed by atoms with Crippen LogP contribution in [0.3, 0.4) is 0 Å². The Balaban J connectivity index is 1.36. The van der Waals surface area contributed by atoms with Crippen LogP contribution in [0.1, 0.15) is 38.1 Å². The molecule has 4 rings (SSSR count). The molecule has 1 aliphatic carbocycles. The number of carbonyl (C=O) groups is 1. The number of urea groups is 1. The molecule has 1 saturated heterocycles. The van der Waals surface area contributed by atoms with Crippen molar-refractivity contribution in [3.63, 3.8) is 0 Å². The minimum atomic E-state index is 0.0764. The minimum absolute atomic E-state index is 0.0764. The molecular formula is C18H23N5O. The Morgan fingerprint density at radius 3 is 2.58 bits per heavy atom. The summed E-state index contributed by atoms with van der Waals surface area (Å²) in [5.41, 5.74) is 1.06. The van der Waals surface area contributed by atoms with Crippen LogP contribution >= 0.6 is 0 Å². The standard InChI is InChI=1S/C18H23N5O/c24-18(20-15-9-5-2-6-10-15)22-11-16(12-22)23-13-19-21-17(23)14-7-3-1-4-8-14/h1,3-4,7-8,13,15-16H,2,5-6,9-12H2,(H,20,24). The van der Waals surface area contributed by atoms with E-state index in [9.17, 15) is 4.79 Å². The van der Waals surface area contributed by atoms with E-state index >= 15 is 0 Å². The Morgan fingerprint density at radius 2 is 1.83 bits per heavy atom. The van der Waals surface area contributed by atoms with E-state index in [0.29, 0.717) is 6.04 Å². The van der Waals surface area contributed by atoms with Gasteiger partial charge in [0.05, 0.1) is 6.04 Å². The summed E-state index contributed by atoms with van der Waals surface area (Å²) in [5, 5.41) is 11.5. The van der Waals surface area contributed by atoms with Crippen molar-refractivity contribution < 1.29 is 4.79 Å². The molecule has 2 heterocycles. The predicted octanol–water partition coefficient (Wildman–Crippen LogP) is 2.84. The van der Waals surface area contributed by atoms with Gasteiger partial charge in [0.15, 0.2) is 5.82 Å². The van der Waals surface area contributed by atoms with Gasteiger partial charge >= 0.3 is 6.03 Å². The van der Waals surface area contributed by atoms with Gasteiger partial charge in [-0.25, -0.2) is 4.79 Å². The van der Waals surface area contributed by atoms with Gasteiger partial charge < -0.3 is 14.8 Å². The molecule has 0 atom stereocenters. The van der Waals surface area contributed by atoms with E-state index in [1.807, 2.05) is 35.2 Å². The Bertz CT molecular complexity index is 686. The summed E-state index contributed by atoms with van der Waals surface area (Å²) in [6, 6.07) is 10.8. The molecule has 1 aromatic carbocycles. The van der Waals surface area contributed by atoms with Crippen LogP contribution in [0, 0.1) is 0 Å². The van der Waals surface area contributed by atoms with Gasteiger partial charge in [0.1, 0.15) is 6.33 Å². The summed E-state index contributed by atoms with van der Waals surface area (Å²) in [4.78, 5) is 14.2. The normalized spacial score (nSPS) is 19.1. The smallest absolute Gasteiger partial charge is 0.317 e. The molecule has 2 amide bonds. The lowest BCUT2D eigenvalue weighted by atomic mass is 9.95. The molecule has 1 aromatic heterocycles. The number of carbonyl (C=O) groups excluding carboxylic acids is 1. The molecular weight excluding hydrogens is 302 g/mol. The Labute approximate surface area is 141 Å². The monoisotopic (exact) mass is 325 g/mol. The van der Waals surface area contributed by atoms with Gasteiger partial charge in [-0.15, -0.1) is 10.2 Å². The molecule has 0 radical (unpaired) electrons. The average molecular weight is 325 g/mol. The highest BCUT2D eigenvalue weighted by Crippen LogP contribution is 2.27. The SMILES string of the molecule is O=C(NC1CCCCC1)N1CC(n2cnnc2-c2ccccc2)C1. The van der Waals surface area contributed by atoms with Crippen molar-refractivity contribution >= 4 is 6.03 Å².